The Hall–Kier alpha value is -1.13. The molecule has 0 unspecified atom stereocenters. The zero-order valence-corrected chi connectivity index (χ0v) is 6.96. The van der Waals surface area contributed by atoms with Crippen molar-refractivity contribution < 1.29 is 14.2 Å². The lowest BCUT2D eigenvalue weighted by Crippen LogP contribution is -2.06. The monoisotopic (exact) mass is 183 g/mol. The van der Waals surface area contributed by atoms with Gasteiger partial charge in [-0.05, 0) is 12.1 Å². The van der Waals surface area contributed by atoms with E-state index < -0.39 is 6.10 Å². The van der Waals surface area contributed by atoms with Crippen LogP contribution < -0.4 is 10.5 Å². The van der Waals surface area contributed by atoms with E-state index in [9.17, 15) is 9.50 Å². The fourth-order valence-electron chi connectivity index (χ4n) is 1.57. The molecular weight excluding hydrogens is 173 g/mol. The molecule has 1 atom stereocenters. The van der Waals surface area contributed by atoms with E-state index in [2.05, 4.69) is 0 Å². The van der Waals surface area contributed by atoms with Crippen molar-refractivity contribution in [2.75, 3.05) is 6.61 Å². The Bertz CT molecular complexity index is 341. The maximum Gasteiger partial charge on any atom is 0.128 e. The highest BCUT2D eigenvalue weighted by Crippen LogP contribution is 2.35. The largest absolute Gasteiger partial charge is 0.490 e. The molecule has 3 N–H and O–H groups in total. The number of rotatable bonds is 1. The smallest absolute Gasteiger partial charge is 0.128 e. The van der Waals surface area contributed by atoms with Crippen LogP contribution in [-0.4, -0.2) is 11.7 Å². The summed E-state index contributed by atoms with van der Waals surface area (Å²) < 4.78 is 18.3. The van der Waals surface area contributed by atoms with E-state index in [1.54, 1.807) is 0 Å². The van der Waals surface area contributed by atoms with Crippen LogP contribution in [0.1, 0.15) is 17.2 Å². The zero-order valence-electron chi connectivity index (χ0n) is 6.96. The van der Waals surface area contributed by atoms with Crippen molar-refractivity contribution in [3.8, 4) is 5.75 Å². The van der Waals surface area contributed by atoms with Crippen molar-refractivity contribution in [3.63, 3.8) is 0 Å². The number of hydrogen-bond donors (Lipinski definition) is 2. The summed E-state index contributed by atoms with van der Waals surface area (Å²) in [7, 11) is 0. The normalized spacial score (nSPS) is 19.8. The Balaban J connectivity index is 2.60. The molecule has 0 fully saturated rings. The summed E-state index contributed by atoms with van der Waals surface area (Å²) in [5.41, 5.74) is 6.23. The van der Waals surface area contributed by atoms with Gasteiger partial charge in [0.15, 0.2) is 0 Å². The standard InChI is InChI=1S/C9H10FNO2/c10-6-1-2-8-9(5(6)3-11)7(12)4-13-8/h1-2,7,12H,3-4,11H2/t7-/m0/s1. The summed E-state index contributed by atoms with van der Waals surface area (Å²) in [6, 6.07) is 2.82. The molecule has 0 aliphatic carbocycles. The molecule has 0 saturated carbocycles. The van der Waals surface area contributed by atoms with Crippen LogP contribution in [0.25, 0.3) is 0 Å². The van der Waals surface area contributed by atoms with Gasteiger partial charge in [-0.2, -0.15) is 0 Å². The van der Waals surface area contributed by atoms with E-state index in [-0.39, 0.29) is 19.0 Å². The van der Waals surface area contributed by atoms with E-state index in [1.165, 1.54) is 12.1 Å². The van der Waals surface area contributed by atoms with Crippen LogP contribution in [0, 0.1) is 5.82 Å². The predicted molar refractivity (Wildman–Crippen MR) is 44.7 cm³/mol. The number of benzene rings is 1. The molecule has 1 aliphatic heterocycles. The highest BCUT2D eigenvalue weighted by Gasteiger charge is 2.26. The Morgan fingerprint density at radius 1 is 1.62 bits per heavy atom. The SMILES string of the molecule is NCc1c(F)ccc2c1[C@@H](O)CO2. The van der Waals surface area contributed by atoms with Crippen molar-refractivity contribution in [1.29, 1.82) is 0 Å². The highest BCUT2D eigenvalue weighted by molar-refractivity contribution is 5.45. The van der Waals surface area contributed by atoms with Crippen molar-refractivity contribution in [2.45, 2.75) is 12.6 Å². The second kappa shape index (κ2) is 2.97. The van der Waals surface area contributed by atoms with Crippen LogP contribution in [0.4, 0.5) is 4.39 Å². The van der Waals surface area contributed by atoms with Gasteiger partial charge in [-0.15, -0.1) is 0 Å². The molecule has 1 aromatic rings. The first-order chi connectivity index (χ1) is 6.24. The van der Waals surface area contributed by atoms with E-state index in [1.807, 2.05) is 0 Å². The minimum absolute atomic E-state index is 0.0788. The van der Waals surface area contributed by atoms with E-state index >= 15 is 0 Å². The van der Waals surface area contributed by atoms with Crippen molar-refractivity contribution in [3.05, 3.63) is 29.1 Å². The third-order valence-corrected chi connectivity index (χ3v) is 2.19. The number of ether oxygens (including phenoxy) is 1. The van der Waals surface area contributed by atoms with Gasteiger partial charge in [0, 0.05) is 17.7 Å². The van der Waals surface area contributed by atoms with Crippen LogP contribution in [0.2, 0.25) is 0 Å². The molecular formula is C9H10FNO2. The fourth-order valence-corrected chi connectivity index (χ4v) is 1.57. The van der Waals surface area contributed by atoms with Gasteiger partial charge >= 0.3 is 0 Å². The molecule has 0 saturated heterocycles. The average molecular weight is 183 g/mol. The van der Waals surface area contributed by atoms with E-state index in [4.69, 9.17) is 10.5 Å². The minimum Gasteiger partial charge on any atom is -0.490 e. The van der Waals surface area contributed by atoms with Crippen molar-refractivity contribution in [2.24, 2.45) is 5.73 Å². The third kappa shape index (κ3) is 1.18. The van der Waals surface area contributed by atoms with Gasteiger partial charge in [-0.3, -0.25) is 0 Å². The van der Waals surface area contributed by atoms with Gasteiger partial charge in [-0.25, -0.2) is 4.39 Å². The number of aliphatic hydroxyl groups is 1. The summed E-state index contributed by atoms with van der Waals surface area (Å²) in [4.78, 5) is 0. The zero-order chi connectivity index (χ0) is 9.42. The van der Waals surface area contributed by atoms with Crippen LogP contribution in [0.5, 0.6) is 5.75 Å². The molecule has 70 valence electrons. The summed E-state index contributed by atoms with van der Waals surface area (Å²) in [6.45, 7) is 0.265. The Labute approximate surface area is 74.9 Å². The van der Waals surface area contributed by atoms with Gasteiger partial charge in [0.25, 0.3) is 0 Å². The maximum absolute atomic E-state index is 13.2. The summed E-state index contributed by atoms with van der Waals surface area (Å²) in [6.07, 6.45) is -0.746. The summed E-state index contributed by atoms with van der Waals surface area (Å²) in [5.74, 6) is 0.153. The molecule has 2 rings (SSSR count). The average Bonchev–Trinajstić information content (AvgIpc) is 2.49. The molecule has 13 heavy (non-hydrogen) atoms. The van der Waals surface area contributed by atoms with E-state index in [0.717, 1.165) is 0 Å². The lowest BCUT2D eigenvalue weighted by atomic mass is 10.0. The minimum atomic E-state index is -0.746. The molecule has 0 radical (unpaired) electrons. The fraction of sp³-hybridized carbons (Fsp3) is 0.333. The third-order valence-electron chi connectivity index (χ3n) is 2.19. The lowest BCUT2D eigenvalue weighted by Gasteiger charge is -2.07. The number of aliphatic hydroxyl groups excluding tert-OH is 1. The molecule has 4 heteroatoms. The van der Waals surface area contributed by atoms with Gasteiger partial charge in [0.05, 0.1) is 0 Å². The van der Waals surface area contributed by atoms with Gasteiger partial charge in [0.1, 0.15) is 24.3 Å². The molecule has 1 aliphatic rings. The Kier molecular flexibility index (Phi) is 1.94. The van der Waals surface area contributed by atoms with Gasteiger partial charge in [0.2, 0.25) is 0 Å². The van der Waals surface area contributed by atoms with Crippen LogP contribution in [-0.2, 0) is 6.54 Å². The number of halogens is 1. The van der Waals surface area contributed by atoms with Crippen molar-refractivity contribution >= 4 is 0 Å². The topological polar surface area (TPSA) is 55.5 Å². The van der Waals surface area contributed by atoms with Gasteiger partial charge < -0.3 is 15.6 Å². The maximum atomic E-state index is 13.2. The highest BCUT2D eigenvalue weighted by atomic mass is 19.1. The molecule has 0 amide bonds. The second-order valence-corrected chi connectivity index (χ2v) is 2.97. The quantitative estimate of drug-likeness (QED) is 0.674. The van der Waals surface area contributed by atoms with Crippen LogP contribution in [0.3, 0.4) is 0 Å². The lowest BCUT2D eigenvalue weighted by molar-refractivity contribution is 0.140. The molecule has 3 nitrogen and oxygen atoms in total. The number of hydrogen-bond acceptors (Lipinski definition) is 3. The molecule has 1 aromatic carbocycles. The first-order valence-corrected chi connectivity index (χ1v) is 4.06. The van der Waals surface area contributed by atoms with Gasteiger partial charge in [-0.1, -0.05) is 0 Å². The predicted octanol–water partition coefficient (Wildman–Crippen LogP) is 0.710. The summed E-state index contributed by atoms with van der Waals surface area (Å²) >= 11 is 0. The second-order valence-electron chi connectivity index (χ2n) is 2.97. The van der Waals surface area contributed by atoms with Crippen LogP contribution in [0.15, 0.2) is 12.1 Å². The molecule has 0 spiro atoms. The Morgan fingerprint density at radius 2 is 2.38 bits per heavy atom. The van der Waals surface area contributed by atoms with Crippen LogP contribution >= 0.6 is 0 Å². The molecule has 0 bridgehead atoms. The first-order valence-electron chi connectivity index (χ1n) is 4.06. The summed E-state index contributed by atoms with van der Waals surface area (Å²) in [5, 5.41) is 9.47. The number of fused-ring (bicyclic) bond motifs is 1. The molecule has 0 aromatic heterocycles. The number of nitrogens with two attached hydrogens (primary N) is 1. The molecule has 1 heterocycles. The first kappa shape index (κ1) is 8.47. The van der Waals surface area contributed by atoms with E-state index in [0.29, 0.717) is 16.9 Å². The van der Waals surface area contributed by atoms with Crippen molar-refractivity contribution in [1.82, 2.24) is 0 Å². The Morgan fingerprint density at radius 3 is 3.08 bits per heavy atom.